The molecule has 0 aliphatic heterocycles. The lowest BCUT2D eigenvalue weighted by molar-refractivity contribution is -0.274. The fourth-order valence-electron chi connectivity index (χ4n) is 3.16. The Labute approximate surface area is 198 Å². The molecule has 0 saturated carbocycles. The Bertz CT molecular complexity index is 1220. The van der Waals surface area contributed by atoms with E-state index in [1.165, 1.54) is 30.5 Å². The SMILES string of the molecule is NC(c1ccc(COCCn2ccnn2)cc1)c1coc(C=Cc2ccc(OC(F)(F)F)cc2)n1. The molecule has 182 valence electrons. The summed E-state index contributed by atoms with van der Waals surface area (Å²) in [6.45, 7) is 1.61. The van der Waals surface area contributed by atoms with Gasteiger partial charge < -0.3 is 19.6 Å². The Balaban J connectivity index is 1.29. The van der Waals surface area contributed by atoms with Crippen LogP contribution in [0.15, 0.2) is 71.6 Å². The van der Waals surface area contributed by atoms with E-state index in [1.807, 2.05) is 24.3 Å². The highest BCUT2D eigenvalue weighted by atomic mass is 19.4. The Morgan fingerprint density at radius 3 is 2.51 bits per heavy atom. The van der Waals surface area contributed by atoms with Crippen LogP contribution in [0.1, 0.15) is 34.3 Å². The number of hydrogen-bond acceptors (Lipinski definition) is 7. The van der Waals surface area contributed by atoms with Gasteiger partial charge in [-0.1, -0.05) is 41.6 Å². The molecule has 8 nitrogen and oxygen atoms in total. The predicted octanol–water partition coefficient (Wildman–Crippen LogP) is 4.60. The second-order valence-corrected chi connectivity index (χ2v) is 7.50. The zero-order valence-electron chi connectivity index (χ0n) is 18.4. The number of rotatable bonds is 10. The molecule has 4 aromatic rings. The smallest absolute Gasteiger partial charge is 0.445 e. The molecular weight excluding hydrogens is 463 g/mol. The summed E-state index contributed by atoms with van der Waals surface area (Å²) in [6, 6.07) is 12.7. The van der Waals surface area contributed by atoms with E-state index in [1.54, 1.807) is 29.2 Å². The third-order valence-electron chi connectivity index (χ3n) is 4.93. The van der Waals surface area contributed by atoms with Crippen molar-refractivity contribution >= 4 is 12.2 Å². The van der Waals surface area contributed by atoms with Crippen LogP contribution in [0.5, 0.6) is 5.75 Å². The van der Waals surface area contributed by atoms with E-state index in [0.717, 1.165) is 11.1 Å². The highest BCUT2D eigenvalue weighted by molar-refractivity contribution is 5.66. The first-order chi connectivity index (χ1) is 16.9. The van der Waals surface area contributed by atoms with Gasteiger partial charge in [-0.05, 0) is 34.9 Å². The third-order valence-corrected chi connectivity index (χ3v) is 4.93. The monoisotopic (exact) mass is 485 g/mol. The molecule has 0 fully saturated rings. The normalized spacial score (nSPS) is 12.8. The van der Waals surface area contributed by atoms with Gasteiger partial charge >= 0.3 is 6.36 Å². The number of benzene rings is 2. The summed E-state index contributed by atoms with van der Waals surface area (Å²) in [6.07, 6.45) is 3.42. The Morgan fingerprint density at radius 1 is 1.06 bits per heavy atom. The molecule has 0 aliphatic carbocycles. The molecule has 2 aromatic heterocycles. The van der Waals surface area contributed by atoms with Gasteiger partial charge in [0.05, 0.1) is 32.0 Å². The van der Waals surface area contributed by atoms with Crippen LogP contribution in [-0.4, -0.2) is 32.9 Å². The van der Waals surface area contributed by atoms with Gasteiger partial charge in [0.25, 0.3) is 0 Å². The number of halogens is 3. The molecule has 2 aromatic carbocycles. The van der Waals surface area contributed by atoms with E-state index in [4.69, 9.17) is 14.9 Å². The van der Waals surface area contributed by atoms with Gasteiger partial charge in [0.2, 0.25) is 5.89 Å². The molecule has 2 heterocycles. The second-order valence-electron chi connectivity index (χ2n) is 7.50. The van der Waals surface area contributed by atoms with Crippen molar-refractivity contribution in [2.45, 2.75) is 25.6 Å². The molecule has 35 heavy (non-hydrogen) atoms. The van der Waals surface area contributed by atoms with E-state index in [-0.39, 0.29) is 5.75 Å². The number of nitrogens with two attached hydrogens (primary N) is 1. The maximum Gasteiger partial charge on any atom is 0.573 e. The van der Waals surface area contributed by atoms with E-state index in [0.29, 0.717) is 36.9 Å². The molecule has 2 N–H and O–H groups in total. The molecule has 0 bridgehead atoms. The van der Waals surface area contributed by atoms with Gasteiger partial charge in [-0.3, -0.25) is 4.68 Å². The molecule has 11 heteroatoms. The zero-order valence-corrected chi connectivity index (χ0v) is 18.4. The number of aromatic nitrogens is 4. The van der Waals surface area contributed by atoms with Crippen molar-refractivity contribution in [2.24, 2.45) is 5.73 Å². The first kappa shape index (κ1) is 24.2. The first-order valence-electron chi connectivity index (χ1n) is 10.6. The van der Waals surface area contributed by atoms with Crippen LogP contribution in [0.3, 0.4) is 0 Å². The van der Waals surface area contributed by atoms with Gasteiger partial charge in [-0.25, -0.2) is 4.98 Å². The minimum Gasteiger partial charge on any atom is -0.445 e. The third kappa shape index (κ3) is 7.26. The van der Waals surface area contributed by atoms with Crippen LogP contribution in [-0.2, 0) is 17.9 Å². The number of nitrogens with zero attached hydrogens (tertiary/aromatic N) is 4. The summed E-state index contributed by atoms with van der Waals surface area (Å²) in [5.74, 6) is 0.0341. The average molecular weight is 485 g/mol. The van der Waals surface area contributed by atoms with E-state index >= 15 is 0 Å². The van der Waals surface area contributed by atoms with Gasteiger partial charge in [0.1, 0.15) is 17.7 Å². The van der Waals surface area contributed by atoms with Crippen LogP contribution in [0.25, 0.3) is 12.2 Å². The fraction of sp³-hybridized carbons (Fsp3) is 0.208. The Kier molecular flexibility index (Phi) is 7.58. The number of ether oxygens (including phenoxy) is 2. The van der Waals surface area contributed by atoms with Crippen LogP contribution >= 0.6 is 0 Å². The molecule has 1 unspecified atom stereocenters. The quantitative estimate of drug-likeness (QED) is 0.328. The van der Waals surface area contributed by atoms with Gasteiger partial charge in [0, 0.05) is 12.3 Å². The van der Waals surface area contributed by atoms with Crippen LogP contribution < -0.4 is 10.5 Å². The minimum atomic E-state index is -4.72. The van der Waals surface area contributed by atoms with Gasteiger partial charge in [-0.15, -0.1) is 18.3 Å². The number of alkyl halides is 3. The van der Waals surface area contributed by atoms with Crippen molar-refractivity contribution in [1.29, 1.82) is 0 Å². The average Bonchev–Trinajstić information content (AvgIpc) is 3.53. The summed E-state index contributed by atoms with van der Waals surface area (Å²) in [7, 11) is 0. The number of hydrogen-bond donors (Lipinski definition) is 1. The minimum absolute atomic E-state index is 0.289. The zero-order chi connectivity index (χ0) is 24.7. The lowest BCUT2D eigenvalue weighted by Gasteiger charge is -2.10. The molecule has 0 radical (unpaired) electrons. The van der Waals surface area contributed by atoms with Crippen LogP contribution in [0, 0.1) is 0 Å². The highest BCUT2D eigenvalue weighted by Gasteiger charge is 2.30. The Morgan fingerprint density at radius 2 is 1.83 bits per heavy atom. The molecule has 0 aliphatic rings. The van der Waals surface area contributed by atoms with Crippen molar-refractivity contribution in [2.75, 3.05) is 6.61 Å². The lowest BCUT2D eigenvalue weighted by atomic mass is 10.0. The predicted molar refractivity (Wildman–Crippen MR) is 121 cm³/mol. The van der Waals surface area contributed by atoms with Crippen LogP contribution in [0.4, 0.5) is 13.2 Å². The van der Waals surface area contributed by atoms with Crippen LogP contribution in [0.2, 0.25) is 0 Å². The molecule has 0 amide bonds. The van der Waals surface area contributed by atoms with Crippen molar-refractivity contribution < 1.29 is 27.1 Å². The summed E-state index contributed by atoms with van der Waals surface area (Å²) in [4.78, 5) is 4.39. The summed E-state index contributed by atoms with van der Waals surface area (Å²) in [5.41, 5.74) is 9.41. The molecule has 0 saturated heterocycles. The molecule has 1 atom stereocenters. The molecule has 0 spiro atoms. The maximum atomic E-state index is 12.3. The fourth-order valence-corrected chi connectivity index (χ4v) is 3.16. The molecular formula is C24H22F3N5O3. The summed E-state index contributed by atoms with van der Waals surface area (Å²) in [5, 5.41) is 7.62. The van der Waals surface area contributed by atoms with Crippen molar-refractivity contribution in [3.63, 3.8) is 0 Å². The van der Waals surface area contributed by atoms with Gasteiger partial charge in [-0.2, -0.15) is 0 Å². The molecule has 4 rings (SSSR count). The van der Waals surface area contributed by atoms with Crippen molar-refractivity contribution in [3.8, 4) is 5.75 Å². The van der Waals surface area contributed by atoms with E-state index in [2.05, 4.69) is 20.0 Å². The largest absolute Gasteiger partial charge is 0.573 e. The second kappa shape index (κ2) is 11.0. The van der Waals surface area contributed by atoms with Crippen molar-refractivity contribution in [1.82, 2.24) is 20.0 Å². The Hall–Kier alpha value is -3.96. The topological polar surface area (TPSA) is 101 Å². The van der Waals surface area contributed by atoms with E-state index < -0.39 is 12.4 Å². The number of oxazole rings is 1. The van der Waals surface area contributed by atoms with Crippen molar-refractivity contribution in [3.05, 3.63) is 95.5 Å². The first-order valence-corrected chi connectivity index (χ1v) is 10.6. The lowest BCUT2D eigenvalue weighted by Crippen LogP contribution is -2.16. The highest BCUT2D eigenvalue weighted by Crippen LogP contribution is 2.24. The summed E-state index contributed by atoms with van der Waals surface area (Å²) < 4.78 is 53.4. The maximum absolute atomic E-state index is 12.3. The standard InChI is InChI=1S/C24H22F3N5O3/c25-24(26,27)35-20-8-3-17(4-9-20)5-10-22-30-21(16-34-22)23(28)19-6-1-18(2-7-19)15-33-14-13-32-12-11-29-31-32/h1-12,16,23H,13-15,28H2. The van der Waals surface area contributed by atoms with Gasteiger partial charge in [0.15, 0.2) is 0 Å². The summed E-state index contributed by atoms with van der Waals surface area (Å²) >= 11 is 0. The van der Waals surface area contributed by atoms with E-state index in [9.17, 15) is 13.2 Å².